The molecule has 2 N–H and O–H groups in total. The van der Waals surface area contributed by atoms with Crippen molar-refractivity contribution in [1.82, 2.24) is 10.4 Å². The second kappa shape index (κ2) is 7.37. The number of phenols is 1. The van der Waals surface area contributed by atoms with E-state index in [2.05, 4.69) is 47.4 Å². The molecule has 0 aliphatic heterocycles. The number of aromatic nitrogens is 1. The molecule has 1 amide bonds. The average molecular weight is 429 g/mol. The van der Waals surface area contributed by atoms with E-state index in [4.69, 9.17) is 4.74 Å². The maximum absolute atomic E-state index is 11.8. The van der Waals surface area contributed by atoms with Crippen molar-refractivity contribution >= 4 is 44.0 Å². The molecule has 0 saturated heterocycles. The largest absolute Gasteiger partial charge is 0.503 e. The number of amides is 1. The van der Waals surface area contributed by atoms with Gasteiger partial charge in [0.05, 0.1) is 23.4 Å². The van der Waals surface area contributed by atoms with Crippen molar-refractivity contribution in [2.24, 2.45) is 5.10 Å². The summed E-state index contributed by atoms with van der Waals surface area (Å²) in [7, 11) is 1.44. The minimum atomic E-state index is -0.370. The molecular weight excluding hydrogens is 418 g/mol. The Hall–Kier alpha value is -1.93. The van der Waals surface area contributed by atoms with Gasteiger partial charge in [-0.05, 0) is 50.1 Å². The lowest BCUT2D eigenvalue weighted by atomic mass is 10.2. The van der Waals surface area contributed by atoms with Crippen LogP contribution in [0.3, 0.4) is 0 Å². The van der Waals surface area contributed by atoms with Gasteiger partial charge < -0.3 is 9.84 Å². The minimum absolute atomic E-state index is 0.0223. The van der Waals surface area contributed by atoms with Gasteiger partial charge in [0.15, 0.2) is 11.5 Å². The molecule has 2 rings (SSSR count). The summed E-state index contributed by atoms with van der Waals surface area (Å²) in [6, 6.07) is 4.88. The summed E-state index contributed by atoms with van der Waals surface area (Å²) in [5, 5.41) is 13.7. The van der Waals surface area contributed by atoms with Gasteiger partial charge in [-0.25, -0.2) is 5.43 Å². The lowest BCUT2D eigenvalue weighted by Gasteiger charge is -2.09. The molecule has 0 radical (unpaired) electrons. The Labute approximate surface area is 143 Å². The van der Waals surface area contributed by atoms with Crippen molar-refractivity contribution in [3.8, 4) is 11.5 Å². The molecule has 0 atom stereocenters. The van der Waals surface area contributed by atoms with Crippen molar-refractivity contribution in [3.05, 3.63) is 50.7 Å². The van der Waals surface area contributed by atoms with Gasteiger partial charge in [0.25, 0.3) is 5.91 Å². The third-order valence-corrected chi connectivity index (χ3v) is 4.85. The molecule has 8 heteroatoms. The third kappa shape index (κ3) is 3.63. The van der Waals surface area contributed by atoms with Gasteiger partial charge in [-0.1, -0.05) is 0 Å². The number of benzene rings is 1. The van der Waals surface area contributed by atoms with E-state index >= 15 is 0 Å². The van der Waals surface area contributed by atoms with Crippen molar-refractivity contribution in [1.29, 1.82) is 0 Å². The normalized spacial score (nSPS) is 10.7. The summed E-state index contributed by atoms with van der Waals surface area (Å²) < 4.78 is 6.09. The van der Waals surface area contributed by atoms with E-state index in [1.165, 1.54) is 19.5 Å². The number of phenolic OH excluding ortho intramolecular Hbond substituents is 1. The van der Waals surface area contributed by atoms with Crippen LogP contribution in [0, 0.1) is 0 Å². The molecule has 1 aromatic carbocycles. The Morgan fingerprint density at radius 3 is 2.86 bits per heavy atom. The third-order valence-electron chi connectivity index (χ3n) is 2.69. The Morgan fingerprint density at radius 2 is 2.23 bits per heavy atom. The lowest BCUT2D eigenvalue weighted by molar-refractivity contribution is 0.0955. The molecule has 2 aromatic rings. The smallest absolute Gasteiger partial charge is 0.272 e. The van der Waals surface area contributed by atoms with E-state index in [1.54, 1.807) is 24.4 Å². The van der Waals surface area contributed by atoms with E-state index in [9.17, 15) is 9.90 Å². The summed E-state index contributed by atoms with van der Waals surface area (Å²) in [5.74, 6) is -0.105. The number of aromatic hydroxyl groups is 1. The summed E-state index contributed by atoms with van der Waals surface area (Å²) in [6.07, 6.45) is 4.46. The van der Waals surface area contributed by atoms with Crippen LogP contribution in [0.2, 0.25) is 0 Å². The number of pyridine rings is 1. The fourth-order valence-electron chi connectivity index (χ4n) is 1.58. The fraction of sp³-hybridized carbons (Fsp3) is 0.0714. The quantitative estimate of drug-likeness (QED) is 0.578. The number of halogens is 2. The van der Waals surface area contributed by atoms with Crippen LogP contribution < -0.4 is 10.2 Å². The topological polar surface area (TPSA) is 83.8 Å². The highest BCUT2D eigenvalue weighted by atomic mass is 79.9. The Bertz CT molecular complexity index is 721. The molecule has 1 aromatic heterocycles. The van der Waals surface area contributed by atoms with Crippen molar-refractivity contribution < 1.29 is 14.6 Å². The molecular formula is C14H11Br2N3O3. The Morgan fingerprint density at radius 1 is 1.45 bits per heavy atom. The number of carbonyl (C=O) groups excluding carboxylic acids is 1. The molecule has 1 heterocycles. The van der Waals surface area contributed by atoms with E-state index < -0.39 is 0 Å². The van der Waals surface area contributed by atoms with Gasteiger partial charge in [0.1, 0.15) is 0 Å². The number of hydrazone groups is 1. The summed E-state index contributed by atoms with van der Waals surface area (Å²) >= 11 is 6.58. The zero-order chi connectivity index (χ0) is 16.1. The number of nitrogens with one attached hydrogen (secondary N) is 1. The monoisotopic (exact) mass is 427 g/mol. The number of methoxy groups -OCH3 is 1. The lowest BCUT2D eigenvalue weighted by Crippen LogP contribution is -2.17. The average Bonchev–Trinajstić information content (AvgIpc) is 2.55. The zero-order valence-electron chi connectivity index (χ0n) is 11.4. The van der Waals surface area contributed by atoms with Crippen molar-refractivity contribution in [2.75, 3.05) is 7.11 Å². The van der Waals surface area contributed by atoms with Gasteiger partial charge in [0.2, 0.25) is 0 Å². The first-order valence-electron chi connectivity index (χ1n) is 6.03. The zero-order valence-corrected chi connectivity index (χ0v) is 14.6. The second-order valence-electron chi connectivity index (χ2n) is 4.09. The molecule has 0 aliphatic carbocycles. The summed E-state index contributed by atoms with van der Waals surface area (Å²) in [6.45, 7) is 0. The van der Waals surface area contributed by atoms with Crippen LogP contribution in [0.1, 0.15) is 15.9 Å². The van der Waals surface area contributed by atoms with Crippen molar-refractivity contribution in [3.63, 3.8) is 0 Å². The predicted octanol–water partition coefficient (Wildman–Crippen LogP) is 3.08. The van der Waals surface area contributed by atoms with Crippen LogP contribution >= 0.6 is 31.9 Å². The molecule has 6 nitrogen and oxygen atoms in total. The second-order valence-corrected chi connectivity index (χ2v) is 5.67. The van der Waals surface area contributed by atoms with Crippen LogP contribution in [0.15, 0.2) is 44.6 Å². The first-order valence-corrected chi connectivity index (χ1v) is 7.61. The molecule has 22 heavy (non-hydrogen) atoms. The molecule has 0 fully saturated rings. The fourth-order valence-corrected chi connectivity index (χ4v) is 2.41. The molecule has 0 saturated carbocycles. The van der Waals surface area contributed by atoms with Crippen LogP contribution in [0.4, 0.5) is 0 Å². The van der Waals surface area contributed by atoms with Crippen LogP contribution in [0.5, 0.6) is 11.5 Å². The Kier molecular flexibility index (Phi) is 5.51. The minimum Gasteiger partial charge on any atom is -0.503 e. The van der Waals surface area contributed by atoms with E-state index in [0.717, 1.165) is 0 Å². The molecule has 0 unspecified atom stereocenters. The predicted molar refractivity (Wildman–Crippen MR) is 89.4 cm³/mol. The Balaban J connectivity index is 2.17. The maximum Gasteiger partial charge on any atom is 0.272 e. The van der Waals surface area contributed by atoms with Gasteiger partial charge in [0, 0.05) is 22.4 Å². The maximum atomic E-state index is 11.8. The van der Waals surface area contributed by atoms with Crippen LogP contribution in [0.25, 0.3) is 0 Å². The highest BCUT2D eigenvalue weighted by molar-refractivity contribution is 9.13. The van der Waals surface area contributed by atoms with Gasteiger partial charge in [-0.2, -0.15) is 5.10 Å². The first-order chi connectivity index (χ1) is 10.5. The van der Waals surface area contributed by atoms with Gasteiger partial charge in [-0.3, -0.25) is 9.78 Å². The number of ether oxygens (including phenoxy) is 1. The molecule has 0 aliphatic rings. The molecule has 0 bridgehead atoms. The number of carbonyl (C=O) groups is 1. The van der Waals surface area contributed by atoms with E-state index in [-0.39, 0.29) is 17.4 Å². The van der Waals surface area contributed by atoms with Crippen LogP contribution in [-0.2, 0) is 0 Å². The SMILES string of the molecule is COc1cc(/C=N\NC(=O)c2cccnc2)c(Br)c(Br)c1O. The number of rotatable bonds is 4. The summed E-state index contributed by atoms with van der Waals surface area (Å²) in [4.78, 5) is 15.7. The van der Waals surface area contributed by atoms with Crippen LogP contribution in [-0.4, -0.2) is 29.3 Å². The standard InChI is InChI=1S/C14H11Br2N3O3/c1-22-10-5-9(11(15)12(16)13(10)20)7-18-19-14(21)8-3-2-4-17-6-8/h2-7,20H,1H3,(H,19,21)/b18-7-. The molecule has 0 spiro atoms. The summed E-state index contributed by atoms with van der Waals surface area (Å²) in [5.41, 5.74) is 3.42. The van der Waals surface area contributed by atoms with Gasteiger partial charge >= 0.3 is 0 Å². The first kappa shape index (κ1) is 16.4. The molecule has 114 valence electrons. The number of hydrogen-bond donors (Lipinski definition) is 2. The number of hydrogen-bond acceptors (Lipinski definition) is 5. The van der Waals surface area contributed by atoms with E-state index in [1.807, 2.05) is 0 Å². The van der Waals surface area contributed by atoms with E-state index in [0.29, 0.717) is 20.1 Å². The highest BCUT2D eigenvalue weighted by Gasteiger charge is 2.13. The number of nitrogens with zero attached hydrogens (tertiary/aromatic N) is 2. The van der Waals surface area contributed by atoms with Crippen molar-refractivity contribution in [2.45, 2.75) is 0 Å². The highest BCUT2D eigenvalue weighted by Crippen LogP contribution is 2.41. The van der Waals surface area contributed by atoms with Gasteiger partial charge in [-0.15, -0.1) is 0 Å².